The summed E-state index contributed by atoms with van der Waals surface area (Å²) < 4.78 is 3.04. The van der Waals surface area contributed by atoms with Crippen LogP contribution in [0.2, 0.25) is 0 Å². The molecule has 1 aromatic heterocycles. The molecule has 3 nitrogen and oxygen atoms in total. The van der Waals surface area contributed by atoms with E-state index in [1.165, 1.54) is 70.0 Å². The molecule has 0 unspecified atom stereocenters. The first-order chi connectivity index (χ1) is 9.33. The molecule has 19 heavy (non-hydrogen) atoms. The molecule has 1 aromatic rings. The Balaban J connectivity index is 1.60. The fraction of sp³-hybridized carbons (Fsp3) is 0.867. The van der Waals surface area contributed by atoms with Gasteiger partial charge in [-0.3, -0.25) is 5.10 Å². The first kappa shape index (κ1) is 14.8. The van der Waals surface area contributed by atoms with Gasteiger partial charge >= 0.3 is 0 Å². The normalized spacial score (nSPS) is 15.0. The second-order valence-corrected chi connectivity index (χ2v) is 6.17. The third-order valence-electron chi connectivity index (χ3n) is 3.97. The van der Waals surface area contributed by atoms with Gasteiger partial charge in [0, 0.05) is 12.5 Å². The van der Waals surface area contributed by atoms with Crippen molar-refractivity contribution < 1.29 is 0 Å². The standard InChI is InChI=1S/C15H27N3S/c1-2-3-4-5-6-7-8-9-12-18-14(13-10-11-13)16-17-15(18)19/h13H,2-12H2,1H3,(H,17,19). The van der Waals surface area contributed by atoms with E-state index in [9.17, 15) is 0 Å². The lowest BCUT2D eigenvalue weighted by atomic mass is 10.1. The Hall–Kier alpha value is -0.640. The highest BCUT2D eigenvalue weighted by Gasteiger charge is 2.28. The Kier molecular flexibility index (Phi) is 6.08. The summed E-state index contributed by atoms with van der Waals surface area (Å²) in [5.41, 5.74) is 0. The summed E-state index contributed by atoms with van der Waals surface area (Å²) in [5, 5.41) is 7.32. The Morgan fingerprint density at radius 2 is 1.74 bits per heavy atom. The van der Waals surface area contributed by atoms with Gasteiger partial charge in [0.2, 0.25) is 0 Å². The van der Waals surface area contributed by atoms with Crippen molar-refractivity contribution in [3.8, 4) is 0 Å². The molecule has 4 heteroatoms. The van der Waals surface area contributed by atoms with Crippen molar-refractivity contribution in [1.82, 2.24) is 14.8 Å². The van der Waals surface area contributed by atoms with Crippen molar-refractivity contribution in [2.75, 3.05) is 0 Å². The van der Waals surface area contributed by atoms with Gasteiger partial charge in [0.25, 0.3) is 0 Å². The zero-order chi connectivity index (χ0) is 13.5. The predicted octanol–water partition coefficient (Wildman–Crippen LogP) is 4.96. The van der Waals surface area contributed by atoms with Gasteiger partial charge in [-0.2, -0.15) is 5.10 Å². The van der Waals surface area contributed by atoms with Crippen molar-refractivity contribution in [3.05, 3.63) is 10.6 Å². The van der Waals surface area contributed by atoms with E-state index in [1.807, 2.05) is 0 Å². The lowest BCUT2D eigenvalue weighted by Gasteiger charge is -2.06. The predicted molar refractivity (Wildman–Crippen MR) is 82.0 cm³/mol. The molecule has 1 heterocycles. The van der Waals surface area contributed by atoms with Crippen LogP contribution in [0.4, 0.5) is 0 Å². The number of hydrogen-bond acceptors (Lipinski definition) is 2. The number of unbranched alkanes of at least 4 members (excludes halogenated alkanes) is 7. The second kappa shape index (κ2) is 7.83. The maximum Gasteiger partial charge on any atom is 0.195 e. The third-order valence-corrected chi connectivity index (χ3v) is 4.28. The summed E-state index contributed by atoms with van der Waals surface area (Å²) in [4.78, 5) is 0. The first-order valence-electron chi connectivity index (χ1n) is 7.98. The molecule has 2 rings (SSSR count). The SMILES string of the molecule is CCCCCCCCCCn1c(C2CC2)n[nH]c1=S. The van der Waals surface area contributed by atoms with Crippen LogP contribution in [0.3, 0.4) is 0 Å². The van der Waals surface area contributed by atoms with E-state index < -0.39 is 0 Å². The molecule has 0 atom stereocenters. The average molecular weight is 281 g/mol. The van der Waals surface area contributed by atoms with Crippen LogP contribution in [0.1, 0.15) is 82.9 Å². The fourth-order valence-corrected chi connectivity index (χ4v) is 2.83. The van der Waals surface area contributed by atoms with Gasteiger partial charge in [-0.1, -0.05) is 51.9 Å². The molecule has 0 aliphatic heterocycles. The molecule has 0 aromatic carbocycles. The van der Waals surface area contributed by atoms with Crippen molar-refractivity contribution >= 4 is 12.2 Å². The highest BCUT2D eigenvalue weighted by Crippen LogP contribution is 2.38. The van der Waals surface area contributed by atoms with Crippen LogP contribution in [0.5, 0.6) is 0 Å². The van der Waals surface area contributed by atoms with E-state index >= 15 is 0 Å². The van der Waals surface area contributed by atoms with Gasteiger partial charge < -0.3 is 4.57 Å². The molecule has 0 saturated heterocycles. The molecular weight excluding hydrogens is 254 g/mol. The van der Waals surface area contributed by atoms with E-state index in [0.29, 0.717) is 5.92 Å². The monoisotopic (exact) mass is 281 g/mol. The Labute approximate surface area is 121 Å². The number of nitrogens with zero attached hydrogens (tertiary/aromatic N) is 2. The van der Waals surface area contributed by atoms with Gasteiger partial charge in [0.1, 0.15) is 5.82 Å². The van der Waals surface area contributed by atoms with Crippen molar-refractivity contribution in [2.24, 2.45) is 0 Å². The molecule has 0 radical (unpaired) electrons. The molecule has 1 aliphatic rings. The second-order valence-electron chi connectivity index (χ2n) is 5.79. The van der Waals surface area contributed by atoms with Gasteiger partial charge in [-0.15, -0.1) is 0 Å². The largest absolute Gasteiger partial charge is 0.304 e. The van der Waals surface area contributed by atoms with E-state index in [1.54, 1.807) is 0 Å². The number of hydrogen-bond donors (Lipinski definition) is 1. The summed E-state index contributed by atoms with van der Waals surface area (Å²) in [6.07, 6.45) is 13.5. The van der Waals surface area contributed by atoms with E-state index in [-0.39, 0.29) is 0 Å². The van der Waals surface area contributed by atoms with Crippen LogP contribution in [-0.2, 0) is 6.54 Å². The van der Waals surface area contributed by atoms with E-state index in [4.69, 9.17) is 12.2 Å². The maximum atomic E-state index is 5.31. The van der Waals surface area contributed by atoms with Crippen LogP contribution < -0.4 is 0 Å². The van der Waals surface area contributed by atoms with Gasteiger partial charge in [0.15, 0.2) is 4.77 Å². The first-order valence-corrected chi connectivity index (χ1v) is 8.39. The number of aromatic nitrogens is 3. The summed E-state index contributed by atoms with van der Waals surface area (Å²) in [7, 11) is 0. The number of rotatable bonds is 10. The van der Waals surface area contributed by atoms with E-state index in [0.717, 1.165) is 11.3 Å². The van der Waals surface area contributed by atoms with Crippen molar-refractivity contribution in [1.29, 1.82) is 0 Å². The van der Waals surface area contributed by atoms with Crippen LogP contribution in [0.15, 0.2) is 0 Å². The fourth-order valence-electron chi connectivity index (χ4n) is 2.60. The van der Waals surface area contributed by atoms with Crippen LogP contribution in [0.25, 0.3) is 0 Å². The highest BCUT2D eigenvalue weighted by molar-refractivity contribution is 7.71. The van der Waals surface area contributed by atoms with Crippen LogP contribution in [0, 0.1) is 4.77 Å². The Morgan fingerprint density at radius 3 is 2.37 bits per heavy atom. The molecule has 1 fully saturated rings. The molecular formula is C15H27N3S. The molecule has 1 saturated carbocycles. The molecule has 1 aliphatic carbocycles. The topological polar surface area (TPSA) is 33.6 Å². The minimum absolute atomic E-state index is 0.682. The lowest BCUT2D eigenvalue weighted by molar-refractivity contribution is 0.532. The summed E-state index contributed by atoms with van der Waals surface area (Å²) in [6, 6.07) is 0. The summed E-state index contributed by atoms with van der Waals surface area (Å²) >= 11 is 5.31. The average Bonchev–Trinajstić information content (AvgIpc) is 3.18. The van der Waals surface area contributed by atoms with Gasteiger partial charge in [-0.05, 0) is 31.5 Å². The summed E-state index contributed by atoms with van der Waals surface area (Å²) in [5.74, 6) is 1.88. The minimum atomic E-state index is 0.682. The molecule has 0 amide bonds. The maximum absolute atomic E-state index is 5.31. The quantitative estimate of drug-likeness (QED) is 0.486. The molecule has 0 spiro atoms. The Morgan fingerprint density at radius 1 is 1.11 bits per heavy atom. The summed E-state index contributed by atoms with van der Waals surface area (Å²) in [6.45, 7) is 3.32. The number of H-pyrrole nitrogens is 1. The third kappa shape index (κ3) is 4.75. The zero-order valence-electron chi connectivity index (χ0n) is 12.2. The number of nitrogens with one attached hydrogen (secondary N) is 1. The Bertz CT molecular complexity index is 417. The van der Waals surface area contributed by atoms with E-state index in [2.05, 4.69) is 21.7 Å². The van der Waals surface area contributed by atoms with Crippen LogP contribution >= 0.6 is 12.2 Å². The molecule has 108 valence electrons. The lowest BCUT2D eigenvalue weighted by Crippen LogP contribution is -2.03. The molecule has 0 bridgehead atoms. The van der Waals surface area contributed by atoms with Gasteiger partial charge in [0.05, 0.1) is 0 Å². The molecule has 1 N–H and O–H groups in total. The zero-order valence-corrected chi connectivity index (χ0v) is 13.0. The highest BCUT2D eigenvalue weighted by atomic mass is 32.1. The van der Waals surface area contributed by atoms with Crippen molar-refractivity contribution in [3.63, 3.8) is 0 Å². The van der Waals surface area contributed by atoms with Crippen LogP contribution in [-0.4, -0.2) is 14.8 Å². The van der Waals surface area contributed by atoms with Gasteiger partial charge in [-0.25, -0.2) is 0 Å². The van der Waals surface area contributed by atoms with Crippen molar-refractivity contribution in [2.45, 2.75) is 83.6 Å². The minimum Gasteiger partial charge on any atom is -0.304 e. The smallest absolute Gasteiger partial charge is 0.195 e. The number of aromatic amines is 1.